The molecular formula is C13H10Cl3N3O2. The Labute approximate surface area is 136 Å². The second kappa shape index (κ2) is 6.47. The fraction of sp³-hybridized carbons (Fsp3) is 0.154. The molecule has 2 rings (SSSR count). The lowest BCUT2D eigenvalue weighted by atomic mass is 10.1. The van der Waals surface area contributed by atoms with Crippen molar-refractivity contribution < 1.29 is 9.53 Å². The Morgan fingerprint density at radius 1 is 1.29 bits per heavy atom. The zero-order valence-corrected chi connectivity index (χ0v) is 13.1. The van der Waals surface area contributed by atoms with Gasteiger partial charge >= 0.3 is 5.97 Å². The lowest BCUT2D eigenvalue weighted by Crippen LogP contribution is -2.11. The molecule has 21 heavy (non-hydrogen) atoms. The number of hydrogen-bond acceptors (Lipinski definition) is 5. The van der Waals surface area contributed by atoms with Crippen molar-refractivity contribution >= 4 is 46.6 Å². The number of hydrogen-bond donors (Lipinski definition) is 1. The molecule has 110 valence electrons. The third-order valence-electron chi connectivity index (χ3n) is 2.56. The van der Waals surface area contributed by atoms with Gasteiger partial charge < -0.3 is 10.5 Å². The largest absolute Gasteiger partial charge is 0.461 e. The SMILES string of the molecule is CCOC(=O)c1nc(-c2cccc(Cl)c2Cl)c(N)nc1Cl. The van der Waals surface area contributed by atoms with E-state index in [1.807, 2.05) is 0 Å². The van der Waals surface area contributed by atoms with Crippen LogP contribution >= 0.6 is 34.8 Å². The Balaban J connectivity index is 2.61. The molecule has 8 heteroatoms. The molecule has 0 saturated carbocycles. The standard InChI is InChI=1S/C13H10Cl3N3O2/c1-2-21-13(20)10-11(16)19-12(17)9(18-10)6-4-3-5-7(14)8(6)15/h3-5H,2H2,1H3,(H2,17,19). The van der Waals surface area contributed by atoms with Gasteiger partial charge in [0.25, 0.3) is 0 Å². The average Bonchev–Trinajstić information content (AvgIpc) is 2.43. The quantitative estimate of drug-likeness (QED) is 0.854. The predicted octanol–water partition coefficient (Wildman–Crippen LogP) is 3.86. The van der Waals surface area contributed by atoms with E-state index in [9.17, 15) is 4.79 Å². The summed E-state index contributed by atoms with van der Waals surface area (Å²) in [5.74, 6) is -0.647. The van der Waals surface area contributed by atoms with Crippen molar-refractivity contribution in [1.82, 2.24) is 9.97 Å². The minimum atomic E-state index is -0.686. The maximum absolute atomic E-state index is 11.8. The van der Waals surface area contributed by atoms with Crippen LogP contribution in [0, 0.1) is 0 Å². The van der Waals surface area contributed by atoms with Crippen LogP contribution in [-0.2, 0) is 4.74 Å². The van der Waals surface area contributed by atoms with Gasteiger partial charge in [-0.05, 0) is 13.0 Å². The highest BCUT2D eigenvalue weighted by Crippen LogP contribution is 2.35. The molecule has 0 atom stereocenters. The number of halogens is 3. The fourth-order valence-corrected chi connectivity index (χ4v) is 2.24. The molecule has 2 N–H and O–H groups in total. The Morgan fingerprint density at radius 2 is 2.00 bits per heavy atom. The molecule has 5 nitrogen and oxygen atoms in total. The Kier molecular flexibility index (Phi) is 4.88. The van der Waals surface area contributed by atoms with E-state index in [1.54, 1.807) is 25.1 Å². The lowest BCUT2D eigenvalue weighted by Gasteiger charge is -2.10. The van der Waals surface area contributed by atoms with Gasteiger partial charge in [0.05, 0.1) is 16.7 Å². The first-order valence-corrected chi connectivity index (χ1v) is 7.03. The Bertz CT molecular complexity index is 707. The highest BCUT2D eigenvalue weighted by molar-refractivity contribution is 6.43. The average molecular weight is 347 g/mol. The molecule has 2 aromatic rings. The molecule has 0 aliphatic carbocycles. The van der Waals surface area contributed by atoms with E-state index in [0.29, 0.717) is 10.6 Å². The molecule has 0 bridgehead atoms. The van der Waals surface area contributed by atoms with Crippen molar-refractivity contribution in [3.8, 4) is 11.3 Å². The Hall–Kier alpha value is -1.56. The van der Waals surface area contributed by atoms with Crippen LogP contribution in [0.1, 0.15) is 17.4 Å². The van der Waals surface area contributed by atoms with E-state index < -0.39 is 5.97 Å². The molecule has 0 aliphatic rings. The molecule has 1 aromatic carbocycles. The number of benzene rings is 1. The van der Waals surface area contributed by atoms with Crippen molar-refractivity contribution in [2.75, 3.05) is 12.3 Å². The minimum Gasteiger partial charge on any atom is -0.461 e. The summed E-state index contributed by atoms with van der Waals surface area (Å²) in [5, 5.41) is 0.466. The van der Waals surface area contributed by atoms with Gasteiger partial charge in [0, 0.05) is 5.56 Å². The number of carbonyl (C=O) groups excluding carboxylic acids is 1. The molecule has 1 heterocycles. The molecule has 1 aromatic heterocycles. The second-order valence-electron chi connectivity index (χ2n) is 3.92. The van der Waals surface area contributed by atoms with E-state index in [1.165, 1.54) is 0 Å². The molecular weight excluding hydrogens is 337 g/mol. The number of nitrogen functional groups attached to an aromatic ring is 1. The van der Waals surface area contributed by atoms with E-state index in [0.717, 1.165) is 0 Å². The molecule has 0 amide bonds. The van der Waals surface area contributed by atoms with Crippen molar-refractivity contribution in [2.24, 2.45) is 0 Å². The van der Waals surface area contributed by atoms with Crippen molar-refractivity contribution in [3.05, 3.63) is 39.1 Å². The number of carbonyl (C=O) groups is 1. The lowest BCUT2D eigenvalue weighted by molar-refractivity contribution is 0.0519. The first-order valence-electron chi connectivity index (χ1n) is 5.90. The zero-order chi connectivity index (χ0) is 15.6. The van der Waals surface area contributed by atoms with Gasteiger partial charge in [0.2, 0.25) is 0 Å². The topological polar surface area (TPSA) is 78.1 Å². The van der Waals surface area contributed by atoms with Crippen LogP contribution in [0.5, 0.6) is 0 Å². The summed E-state index contributed by atoms with van der Waals surface area (Å²) < 4.78 is 4.87. The first kappa shape index (κ1) is 15.8. The number of ether oxygens (including phenoxy) is 1. The summed E-state index contributed by atoms with van der Waals surface area (Å²) in [6, 6.07) is 4.97. The second-order valence-corrected chi connectivity index (χ2v) is 5.06. The number of rotatable bonds is 3. The summed E-state index contributed by atoms with van der Waals surface area (Å²) in [7, 11) is 0. The fourth-order valence-electron chi connectivity index (χ4n) is 1.64. The smallest absolute Gasteiger partial charge is 0.360 e. The maximum atomic E-state index is 11.8. The van der Waals surface area contributed by atoms with Crippen LogP contribution in [0.4, 0.5) is 5.82 Å². The molecule has 0 aliphatic heterocycles. The number of anilines is 1. The van der Waals surface area contributed by atoms with Gasteiger partial charge in [0.15, 0.2) is 16.7 Å². The third kappa shape index (κ3) is 3.20. The first-order chi connectivity index (χ1) is 9.95. The molecule has 0 spiro atoms. The van der Waals surface area contributed by atoms with Crippen LogP contribution in [0.3, 0.4) is 0 Å². The number of aromatic nitrogens is 2. The van der Waals surface area contributed by atoms with E-state index in [4.69, 9.17) is 45.3 Å². The van der Waals surface area contributed by atoms with Crippen LogP contribution in [0.25, 0.3) is 11.3 Å². The third-order valence-corrected chi connectivity index (χ3v) is 3.64. The summed E-state index contributed by atoms with van der Waals surface area (Å²) in [6.45, 7) is 1.86. The molecule has 0 saturated heterocycles. The monoisotopic (exact) mass is 345 g/mol. The van der Waals surface area contributed by atoms with E-state index in [2.05, 4.69) is 9.97 Å². The summed E-state index contributed by atoms with van der Waals surface area (Å²) in [6.07, 6.45) is 0. The van der Waals surface area contributed by atoms with Gasteiger partial charge in [-0.15, -0.1) is 0 Å². The zero-order valence-electron chi connectivity index (χ0n) is 10.9. The number of nitrogens with two attached hydrogens (primary N) is 1. The van der Waals surface area contributed by atoms with Gasteiger partial charge in [-0.2, -0.15) is 0 Å². The molecule has 0 fully saturated rings. The highest BCUT2D eigenvalue weighted by atomic mass is 35.5. The Morgan fingerprint density at radius 3 is 2.67 bits per heavy atom. The normalized spacial score (nSPS) is 10.5. The highest BCUT2D eigenvalue weighted by Gasteiger charge is 2.20. The van der Waals surface area contributed by atoms with Gasteiger partial charge in [-0.1, -0.05) is 46.9 Å². The summed E-state index contributed by atoms with van der Waals surface area (Å²) >= 11 is 18.0. The van der Waals surface area contributed by atoms with Gasteiger partial charge in [-0.3, -0.25) is 0 Å². The van der Waals surface area contributed by atoms with Crippen molar-refractivity contribution in [2.45, 2.75) is 6.92 Å². The maximum Gasteiger partial charge on any atom is 0.360 e. The molecule has 0 radical (unpaired) electrons. The summed E-state index contributed by atoms with van der Waals surface area (Å²) in [5.41, 5.74) is 6.35. The van der Waals surface area contributed by atoms with Crippen molar-refractivity contribution in [1.29, 1.82) is 0 Å². The molecule has 0 unspecified atom stereocenters. The van der Waals surface area contributed by atoms with Gasteiger partial charge in [0.1, 0.15) is 5.69 Å². The van der Waals surface area contributed by atoms with Crippen LogP contribution in [0.15, 0.2) is 18.2 Å². The predicted molar refractivity (Wildman–Crippen MR) is 82.9 cm³/mol. The van der Waals surface area contributed by atoms with Gasteiger partial charge in [-0.25, -0.2) is 14.8 Å². The van der Waals surface area contributed by atoms with E-state index in [-0.39, 0.29) is 34.0 Å². The summed E-state index contributed by atoms with van der Waals surface area (Å²) in [4.78, 5) is 19.8. The van der Waals surface area contributed by atoms with Crippen LogP contribution in [0.2, 0.25) is 15.2 Å². The van der Waals surface area contributed by atoms with Crippen LogP contribution < -0.4 is 5.73 Å². The minimum absolute atomic E-state index is 0.0391. The van der Waals surface area contributed by atoms with Crippen LogP contribution in [-0.4, -0.2) is 22.5 Å². The van der Waals surface area contributed by atoms with Crippen molar-refractivity contribution in [3.63, 3.8) is 0 Å². The number of esters is 1. The number of nitrogens with zero attached hydrogens (tertiary/aromatic N) is 2. The van der Waals surface area contributed by atoms with E-state index >= 15 is 0 Å².